The molecular weight excluding hydrogens is 763 g/mol. The van der Waals surface area contributed by atoms with Gasteiger partial charge in [-0.05, 0) is 75.8 Å². The van der Waals surface area contributed by atoms with Crippen molar-refractivity contribution in [2.75, 3.05) is 4.90 Å². The molecule has 3 heteroatoms. The second-order valence-corrected chi connectivity index (χ2v) is 19.2. The van der Waals surface area contributed by atoms with Gasteiger partial charge in [0.25, 0.3) is 0 Å². The van der Waals surface area contributed by atoms with E-state index in [9.17, 15) is 0 Å². The first-order chi connectivity index (χ1) is 30.8. The number of hydrogen-bond donors (Lipinski definition) is 0. The lowest BCUT2D eigenvalue weighted by molar-refractivity contribution is 0.660. The Bertz CT molecular complexity index is 4090. The van der Waals surface area contributed by atoms with Gasteiger partial charge in [-0.2, -0.15) is 0 Å². The van der Waals surface area contributed by atoms with Crippen molar-refractivity contribution in [1.29, 1.82) is 0 Å². The van der Waals surface area contributed by atoms with Gasteiger partial charge in [0.1, 0.15) is 0 Å². The zero-order chi connectivity index (χ0) is 41.7. The Balaban J connectivity index is 1.15. The maximum Gasteiger partial charge on any atom is 0.0641 e. The van der Waals surface area contributed by atoms with Crippen LogP contribution in [-0.2, 0) is 10.8 Å². The monoisotopic (exact) mass is 803 g/mol. The Morgan fingerprint density at radius 2 is 0.794 bits per heavy atom. The topological polar surface area (TPSA) is 12.1 Å². The first-order valence-corrected chi connectivity index (χ1v) is 22.4. The Hall–Kier alpha value is -7.62. The molecule has 4 heterocycles. The van der Waals surface area contributed by atoms with Crippen LogP contribution in [0.3, 0.4) is 0 Å². The normalized spacial score (nSPS) is 14.9. The van der Waals surface area contributed by atoms with Gasteiger partial charge in [0, 0.05) is 76.4 Å². The third-order valence-electron chi connectivity index (χ3n) is 15.5. The largest absolute Gasteiger partial charge is 0.310 e. The fraction of sp³-hybridized carbons (Fsp3) is 0.100. The molecule has 0 saturated heterocycles. The standard InChI is InChI=1S/C60H41N3/c1-59(2)45-24-13-11-20-40(45)52-47(59)29-26-38-36-22-15-23-37-43-32-51-44(33-50(43)62(55(36)37)56(38)52)39-28-31-49(61(34-16-7-5-8-17-34)35-18-9-6-10-19-35)54-42-27-30-48-53(58(42)63(51)57(39)54)41-21-12-14-25-46(41)60(48,3)4/h5-33H,1-4H3. The predicted octanol–water partition coefficient (Wildman–Crippen LogP) is 16.1. The van der Waals surface area contributed by atoms with Gasteiger partial charge in [0.2, 0.25) is 0 Å². The summed E-state index contributed by atoms with van der Waals surface area (Å²) in [5, 5.41) is 10.4. The van der Waals surface area contributed by atoms with E-state index in [4.69, 9.17) is 0 Å². The van der Waals surface area contributed by atoms with E-state index in [1.165, 1.54) is 126 Å². The van der Waals surface area contributed by atoms with E-state index >= 15 is 0 Å². The van der Waals surface area contributed by atoms with Crippen LogP contribution in [0.5, 0.6) is 0 Å². The molecule has 0 unspecified atom stereocenters. The molecule has 15 rings (SSSR count). The number of hydrogen-bond acceptors (Lipinski definition) is 1. The molecule has 2 aliphatic carbocycles. The van der Waals surface area contributed by atoms with Gasteiger partial charge >= 0.3 is 0 Å². The van der Waals surface area contributed by atoms with Crippen LogP contribution in [0, 0.1) is 0 Å². The molecule has 0 saturated carbocycles. The molecule has 9 aromatic carbocycles. The van der Waals surface area contributed by atoms with Gasteiger partial charge in [-0.15, -0.1) is 0 Å². The van der Waals surface area contributed by atoms with Gasteiger partial charge in [-0.3, -0.25) is 0 Å². The second-order valence-electron chi connectivity index (χ2n) is 19.2. The minimum Gasteiger partial charge on any atom is -0.310 e. The maximum absolute atomic E-state index is 2.66. The summed E-state index contributed by atoms with van der Waals surface area (Å²) < 4.78 is 5.29. The van der Waals surface area contributed by atoms with Gasteiger partial charge < -0.3 is 13.7 Å². The molecule has 0 amide bonds. The first kappa shape index (κ1) is 34.0. The molecule has 0 aliphatic heterocycles. The van der Waals surface area contributed by atoms with Crippen molar-refractivity contribution >= 4 is 93.3 Å². The number of benzene rings is 9. The molecule has 0 spiro atoms. The highest BCUT2D eigenvalue weighted by molar-refractivity contribution is 6.32. The smallest absolute Gasteiger partial charge is 0.0641 e. The maximum atomic E-state index is 2.66. The van der Waals surface area contributed by atoms with E-state index in [0.29, 0.717) is 0 Å². The second kappa shape index (κ2) is 11.2. The summed E-state index contributed by atoms with van der Waals surface area (Å²) in [6.07, 6.45) is 0. The number of aromatic nitrogens is 2. The highest BCUT2D eigenvalue weighted by Gasteiger charge is 2.40. The summed E-state index contributed by atoms with van der Waals surface area (Å²) >= 11 is 0. The summed E-state index contributed by atoms with van der Waals surface area (Å²) in [4.78, 5) is 2.45. The Kier molecular flexibility index (Phi) is 6.07. The molecular formula is C60H41N3. The lowest BCUT2D eigenvalue weighted by Gasteiger charge is -2.26. The van der Waals surface area contributed by atoms with Crippen LogP contribution in [0.15, 0.2) is 176 Å². The number of para-hydroxylation sites is 3. The van der Waals surface area contributed by atoms with Crippen molar-refractivity contribution in [3.05, 3.63) is 198 Å². The van der Waals surface area contributed by atoms with Gasteiger partial charge in [-0.25, -0.2) is 0 Å². The number of anilines is 3. The molecule has 0 fully saturated rings. The minimum absolute atomic E-state index is 0.0855. The van der Waals surface area contributed by atoms with Crippen LogP contribution in [0.1, 0.15) is 49.9 Å². The zero-order valence-electron chi connectivity index (χ0n) is 35.6. The SMILES string of the molecule is CC1(C)c2ccccc2-c2c1ccc1c3cccc4c5cc6c(cc5n(c21)c43)c1ccc(N(c2ccccc2)c2ccccc2)c2c3ccc4c(c3n6c12)-c1ccccc1C4(C)C. The van der Waals surface area contributed by atoms with E-state index in [1.54, 1.807) is 0 Å². The highest BCUT2D eigenvalue weighted by atomic mass is 15.1. The molecule has 0 bridgehead atoms. The van der Waals surface area contributed by atoms with Crippen LogP contribution < -0.4 is 4.90 Å². The molecule has 296 valence electrons. The fourth-order valence-corrected chi connectivity index (χ4v) is 12.8. The average molecular weight is 804 g/mol. The average Bonchev–Trinajstić information content (AvgIpc) is 4.12. The van der Waals surface area contributed by atoms with E-state index < -0.39 is 0 Å². The van der Waals surface area contributed by atoms with Crippen molar-refractivity contribution in [2.24, 2.45) is 0 Å². The van der Waals surface area contributed by atoms with E-state index in [1.807, 2.05) is 0 Å². The van der Waals surface area contributed by atoms with Crippen molar-refractivity contribution in [1.82, 2.24) is 8.80 Å². The molecule has 13 aromatic rings. The predicted molar refractivity (Wildman–Crippen MR) is 266 cm³/mol. The Morgan fingerprint density at radius 1 is 0.349 bits per heavy atom. The zero-order valence-corrected chi connectivity index (χ0v) is 35.6. The molecule has 4 aromatic heterocycles. The third kappa shape index (κ3) is 3.91. The third-order valence-corrected chi connectivity index (χ3v) is 15.5. The summed E-state index contributed by atoms with van der Waals surface area (Å²) in [5.41, 5.74) is 22.0. The lowest BCUT2D eigenvalue weighted by Crippen LogP contribution is -2.14. The van der Waals surface area contributed by atoms with Crippen LogP contribution in [0.4, 0.5) is 17.1 Å². The summed E-state index contributed by atoms with van der Waals surface area (Å²) in [6, 6.07) is 66.4. The van der Waals surface area contributed by atoms with Gasteiger partial charge in [0.15, 0.2) is 0 Å². The van der Waals surface area contributed by atoms with E-state index in [2.05, 4.69) is 217 Å². The molecule has 2 aliphatic rings. The Morgan fingerprint density at radius 3 is 1.38 bits per heavy atom. The summed E-state index contributed by atoms with van der Waals surface area (Å²) in [7, 11) is 0. The minimum atomic E-state index is -0.129. The number of rotatable bonds is 3. The highest BCUT2D eigenvalue weighted by Crippen LogP contribution is 2.57. The molecule has 0 atom stereocenters. The molecule has 0 radical (unpaired) electrons. The van der Waals surface area contributed by atoms with Crippen LogP contribution in [0.2, 0.25) is 0 Å². The lowest BCUT2D eigenvalue weighted by atomic mass is 9.82. The Labute approximate surface area is 364 Å². The van der Waals surface area contributed by atoms with Crippen LogP contribution in [-0.4, -0.2) is 8.80 Å². The summed E-state index contributed by atoms with van der Waals surface area (Å²) in [5.74, 6) is 0. The number of nitrogens with zero attached hydrogens (tertiary/aromatic N) is 3. The quantitative estimate of drug-likeness (QED) is 0.173. The van der Waals surface area contributed by atoms with Crippen LogP contribution >= 0.6 is 0 Å². The summed E-state index contributed by atoms with van der Waals surface area (Å²) in [6.45, 7) is 9.58. The first-order valence-electron chi connectivity index (χ1n) is 22.4. The van der Waals surface area contributed by atoms with Gasteiger partial charge in [0.05, 0.1) is 38.8 Å². The van der Waals surface area contributed by atoms with E-state index in [-0.39, 0.29) is 10.8 Å². The van der Waals surface area contributed by atoms with Crippen molar-refractivity contribution < 1.29 is 0 Å². The van der Waals surface area contributed by atoms with Crippen LogP contribution in [0.25, 0.3) is 98.4 Å². The van der Waals surface area contributed by atoms with Crippen molar-refractivity contribution in [2.45, 2.75) is 38.5 Å². The molecule has 63 heavy (non-hydrogen) atoms. The van der Waals surface area contributed by atoms with Crippen molar-refractivity contribution in [3.63, 3.8) is 0 Å². The van der Waals surface area contributed by atoms with E-state index in [0.717, 1.165) is 11.4 Å². The molecule has 0 N–H and O–H groups in total. The number of fused-ring (bicyclic) bond motifs is 20. The van der Waals surface area contributed by atoms with Crippen molar-refractivity contribution in [3.8, 4) is 22.3 Å². The van der Waals surface area contributed by atoms with Gasteiger partial charge in [-0.1, -0.05) is 161 Å². The fourth-order valence-electron chi connectivity index (χ4n) is 12.8. The molecule has 3 nitrogen and oxygen atoms in total.